The molecule has 4 aliphatic carbocycles. The molecular formula is C26H39N7O. The van der Waals surface area contributed by atoms with Crippen molar-refractivity contribution in [1.29, 1.82) is 5.26 Å². The number of hydrogen-bond donors (Lipinski definition) is 2. The Morgan fingerprint density at radius 3 is 2.47 bits per heavy atom. The molecule has 1 saturated heterocycles. The number of aromatic amines is 1. The van der Waals surface area contributed by atoms with Crippen LogP contribution in [-0.2, 0) is 10.2 Å². The highest BCUT2D eigenvalue weighted by atomic mass is 16.2. The van der Waals surface area contributed by atoms with Gasteiger partial charge in [-0.05, 0) is 75.0 Å². The number of rotatable bonds is 6. The van der Waals surface area contributed by atoms with E-state index >= 15 is 0 Å². The normalized spacial score (nSPS) is 41.6. The van der Waals surface area contributed by atoms with Crippen LogP contribution in [0, 0.1) is 40.9 Å². The average Bonchev–Trinajstić information content (AvgIpc) is 3.24. The Hall–Kier alpha value is -2.01. The Kier molecular flexibility index (Phi) is 5.87. The molecule has 8 nitrogen and oxygen atoms in total. The zero-order valence-corrected chi connectivity index (χ0v) is 20.5. The standard InChI is InChI=1S/C26H39N7O/c1-16(28-15-24(34)33-20(14-27)11-19-12-23(19)33)13-26(25-29-31-32-30-25)21-8-4-2-6-17(21)10-18-7-3-5-9-22(18)26/h16-23,28H,2-13,15H2,1H3,(H,29,30,31,32)/t16-,17?,18?,19-,20+,21?,22?,23+,26?/m1/s1. The summed E-state index contributed by atoms with van der Waals surface area (Å²) >= 11 is 0. The third-order valence-corrected chi connectivity index (χ3v) is 10.3. The SMILES string of the molecule is C[C@H](CC1(c2nn[nH]n2)C2CCCCC2CC2CCCCC21)NCC(=O)N1[C@H](C#N)C[C@@H]2C[C@@H]21. The molecule has 4 unspecified atom stereocenters. The average molecular weight is 466 g/mol. The lowest BCUT2D eigenvalue weighted by Crippen LogP contribution is -2.57. The van der Waals surface area contributed by atoms with Gasteiger partial charge in [-0.1, -0.05) is 43.7 Å². The van der Waals surface area contributed by atoms with E-state index in [9.17, 15) is 10.1 Å². The molecule has 5 aliphatic rings. The maximum atomic E-state index is 13.1. The van der Waals surface area contributed by atoms with Gasteiger partial charge in [-0.3, -0.25) is 4.79 Å². The van der Waals surface area contributed by atoms with Gasteiger partial charge >= 0.3 is 0 Å². The van der Waals surface area contributed by atoms with E-state index in [0.717, 1.165) is 36.9 Å². The van der Waals surface area contributed by atoms with Crippen molar-refractivity contribution in [3.8, 4) is 6.07 Å². The van der Waals surface area contributed by atoms with Crippen LogP contribution >= 0.6 is 0 Å². The highest BCUT2D eigenvalue weighted by molar-refractivity contribution is 5.80. The van der Waals surface area contributed by atoms with E-state index in [1.807, 2.05) is 4.90 Å². The fourth-order valence-electron chi connectivity index (χ4n) is 8.95. The molecule has 8 heteroatoms. The van der Waals surface area contributed by atoms with Crippen molar-refractivity contribution in [3.05, 3.63) is 5.82 Å². The second-order valence-electron chi connectivity index (χ2n) is 12.0. The molecule has 1 aliphatic heterocycles. The van der Waals surface area contributed by atoms with Crippen LogP contribution in [0.2, 0.25) is 0 Å². The van der Waals surface area contributed by atoms with Crippen LogP contribution in [0.1, 0.15) is 89.8 Å². The van der Waals surface area contributed by atoms with Crippen LogP contribution in [-0.4, -0.2) is 56.1 Å². The van der Waals surface area contributed by atoms with Gasteiger partial charge in [-0.15, -0.1) is 10.2 Å². The number of nitriles is 1. The first-order valence-corrected chi connectivity index (χ1v) is 13.8. The molecule has 8 atom stereocenters. The van der Waals surface area contributed by atoms with Crippen molar-refractivity contribution >= 4 is 5.91 Å². The second kappa shape index (κ2) is 8.89. The second-order valence-corrected chi connectivity index (χ2v) is 12.0. The molecule has 4 saturated carbocycles. The number of piperidine rings is 1. The Morgan fingerprint density at radius 2 is 1.82 bits per heavy atom. The summed E-state index contributed by atoms with van der Waals surface area (Å²) in [6.45, 7) is 2.54. The first kappa shape index (κ1) is 22.5. The molecule has 0 aromatic carbocycles. The van der Waals surface area contributed by atoms with E-state index in [1.54, 1.807) is 0 Å². The van der Waals surface area contributed by atoms with Crippen LogP contribution < -0.4 is 5.32 Å². The molecule has 6 rings (SSSR count). The number of aromatic nitrogens is 4. The third-order valence-electron chi connectivity index (χ3n) is 10.3. The summed E-state index contributed by atoms with van der Waals surface area (Å²) in [5.74, 6) is 4.29. The van der Waals surface area contributed by atoms with Gasteiger partial charge < -0.3 is 10.2 Å². The van der Waals surface area contributed by atoms with Crippen molar-refractivity contribution in [3.63, 3.8) is 0 Å². The minimum absolute atomic E-state index is 0.0681. The maximum Gasteiger partial charge on any atom is 0.237 e. The first-order valence-electron chi connectivity index (χ1n) is 13.8. The number of amides is 1. The van der Waals surface area contributed by atoms with Gasteiger partial charge in [0.1, 0.15) is 6.04 Å². The highest BCUT2D eigenvalue weighted by Gasteiger charge is 2.59. The van der Waals surface area contributed by atoms with Crippen LogP contribution in [0.3, 0.4) is 0 Å². The first-order chi connectivity index (χ1) is 16.6. The Balaban J connectivity index is 1.23. The molecule has 0 bridgehead atoms. The van der Waals surface area contributed by atoms with Gasteiger partial charge in [0.25, 0.3) is 0 Å². The summed E-state index contributed by atoms with van der Waals surface area (Å²) in [5, 5.41) is 29.2. The van der Waals surface area contributed by atoms with Crippen molar-refractivity contribution < 1.29 is 4.79 Å². The van der Waals surface area contributed by atoms with Crippen LogP contribution in [0.4, 0.5) is 0 Å². The molecule has 0 spiro atoms. The number of hydrogen-bond acceptors (Lipinski definition) is 6. The van der Waals surface area contributed by atoms with Gasteiger partial charge in [0.2, 0.25) is 5.91 Å². The van der Waals surface area contributed by atoms with Crippen LogP contribution in [0.25, 0.3) is 0 Å². The smallest absolute Gasteiger partial charge is 0.237 e. The molecule has 1 aromatic rings. The number of H-pyrrole nitrogens is 1. The van der Waals surface area contributed by atoms with E-state index in [-0.39, 0.29) is 23.4 Å². The summed E-state index contributed by atoms with van der Waals surface area (Å²) in [4.78, 5) is 15.0. The van der Waals surface area contributed by atoms with E-state index in [0.29, 0.717) is 30.3 Å². The summed E-state index contributed by atoms with van der Waals surface area (Å²) in [6, 6.07) is 2.59. The summed E-state index contributed by atoms with van der Waals surface area (Å²) < 4.78 is 0. The fourth-order valence-corrected chi connectivity index (χ4v) is 8.95. The van der Waals surface area contributed by atoms with E-state index in [1.165, 1.54) is 57.8 Å². The van der Waals surface area contributed by atoms with Crippen molar-refractivity contribution in [2.24, 2.45) is 29.6 Å². The zero-order valence-electron chi connectivity index (χ0n) is 20.5. The Bertz CT molecular complexity index is 904. The van der Waals surface area contributed by atoms with Crippen molar-refractivity contribution in [2.75, 3.05) is 6.54 Å². The number of fused-ring (bicyclic) bond motifs is 3. The molecule has 184 valence electrons. The number of carbonyl (C=O) groups excluding carboxylic acids is 1. The number of carbonyl (C=O) groups is 1. The quantitative estimate of drug-likeness (QED) is 0.667. The summed E-state index contributed by atoms with van der Waals surface area (Å²) in [7, 11) is 0. The number of nitrogens with one attached hydrogen (secondary N) is 2. The van der Waals surface area contributed by atoms with Crippen molar-refractivity contribution in [2.45, 2.75) is 108 Å². The molecule has 1 aromatic heterocycles. The number of likely N-dealkylation sites (tertiary alicyclic amines) is 1. The Labute approximate surface area is 202 Å². The minimum atomic E-state index is -0.233. The van der Waals surface area contributed by atoms with E-state index in [4.69, 9.17) is 0 Å². The van der Waals surface area contributed by atoms with Gasteiger partial charge in [0.15, 0.2) is 5.82 Å². The maximum absolute atomic E-state index is 13.1. The van der Waals surface area contributed by atoms with Gasteiger partial charge in [0, 0.05) is 17.5 Å². The van der Waals surface area contributed by atoms with Gasteiger partial charge in [-0.25, -0.2) is 0 Å². The third kappa shape index (κ3) is 3.66. The lowest BCUT2D eigenvalue weighted by atomic mass is 9.46. The van der Waals surface area contributed by atoms with E-state index < -0.39 is 0 Å². The topological polar surface area (TPSA) is 111 Å². The molecule has 0 radical (unpaired) electrons. The lowest BCUT2D eigenvalue weighted by molar-refractivity contribution is -0.131. The molecule has 1 amide bonds. The molecule has 34 heavy (non-hydrogen) atoms. The van der Waals surface area contributed by atoms with Crippen molar-refractivity contribution in [1.82, 2.24) is 30.8 Å². The Morgan fingerprint density at radius 1 is 1.12 bits per heavy atom. The molecule has 5 fully saturated rings. The van der Waals surface area contributed by atoms with Gasteiger partial charge in [-0.2, -0.15) is 10.5 Å². The molecule has 2 N–H and O–H groups in total. The predicted octanol–water partition coefficient (Wildman–Crippen LogP) is 3.34. The minimum Gasteiger partial charge on any atom is -0.322 e. The number of nitrogens with zero attached hydrogens (tertiary/aromatic N) is 5. The predicted molar refractivity (Wildman–Crippen MR) is 126 cm³/mol. The van der Waals surface area contributed by atoms with Crippen LogP contribution in [0.5, 0.6) is 0 Å². The fraction of sp³-hybridized carbons (Fsp3) is 0.885. The summed E-state index contributed by atoms with van der Waals surface area (Å²) in [6.07, 6.45) is 14.7. The van der Waals surface area contributed by atoms with E-state index in [2.05, 4.69) is 38.9 Å². The van der Waals surface area contributed by atoms with Gasteiger partial charge in [0.05, 0.1) is 12.6 Å². The lowest BCUT2D eigenvalue weighted by Gasteiger charge is -2.58. The monoisotopic (exact) mass is 465 g/mol. The molecular weight excluding hydrogens is 426 g/mol. The zero-order chi connectivity index (χ0) is 23.3. The molecule has 2 heterocycles. The summed E-state index contributed by atoms with van der Waals surface area (Å²) in [5.41, 5.74) is -0.0681. The number of tetrazole rings is 1. The largest absolute Gasteiger partial charge is 0.322 e. The highest BCUT2D eigenvalue weighted by Crippen LogP contribution is 2.61. The van der Waals surface area contributed by atoms with Crippen LogP contribution in [0.15, 0.2) is 0 Å².